The van der Waals surface area contributed by atoms with Crippen LogP contribution in [-0.4, -0.2) is 21.3 Å². The van der Waals surface area contributed by atoms with E-state index in [0.29, 0.717) is 0 Å². The standard InChI is InChI=1S/C13H18N4/c1-4-15-13(11-6-5-7-14-8-11)12-9-17(3)16-10(12)2/h5-9,13,15H,4H2,1-3H3. The van der Waals surface area contributed by atoms with Crippen LogP contribution in [0.5, 0.6) is 0 Å². The highest BCUT2D eigenvalue weighted by molar-refractivity contribution is 5.31. The molecule has 4 nitrogen and oxygen atoms in total. The normalized spacial score (nSPS) is 12.6. The van der Waals surface area contributed by atoms with Crippen molar-refractivity contribution >= 4 is 0 Å². The lowest BCUT2D eigenvalue weighted by atomic mass is 10.0. The molecule has 0 spiro atoms. The number of aryl methyl sites for hydroxylation is 2. The predicted molar refractivity (Wildman–Crippen MR) is 67.7 cm³/mol. The van der Waals surface area contributed by atoms with E-state index in [4.69, 9.17) is 0 Å². The van der Waals surface area contributed by atoms with Gasteiger partial charge in [-0.1, -0.05) is 13.0 Å². The van der Waals surface area contributed by atoms with E-state index in [9.17, 15) is 0 Å². The molecular weight excluding hydrogens is 212 g/mol. The summed E-state index contributed by atoms with van der Waals surface area (Å²) in [6.45, 7) is 5.05. The number of hydrogen-bond donors (Lipinski definition) is 1. The summed E-state index contributed by atoms with van der Waals surface area (Å²) < 4.78 is 1.85. The predicted octanol–water partition coefficient (Wildman–Crippen LogP) is 1.82. The average Bonchev–Trinajstić information content (AvgIpc) is 2.66. The summed E-state index contributed by atoms with van der Waals surface area (Å²) >= 11 is 0. The number of nitrogens with zero attached hydrogens (tertiary/aromatic N) is 3. The van der Waals surface area contributed by atoms with E-state index in [1.54, 1.807) is 6.20 Å². The maximum absolute atomic E-state index is 4.40. The van der Waals surface area contributed by atoms with Crippen molar-refractivity contribution in [3.63, 3.8) is 0 Å². The van der Waals surface area contributed by atoms with Gasteiger partial charge in [-0.3, -0.25) is 9.67 Å². The molecule has 2 heterocycles. The molecule has 17 heavy (non-hydrogen) atoms. The molecule has 2 aromatic heterocycles. The van der Waals surface area contributed by atoms with Gasteiger partial charge in [-0.2, -0.15) is 5.10 Å². The molecule has 0 saturated heterocycles. The molecule has 90 valence electrons. The van der Waals surface area contributed by atoms with Crippen molar-refractivity contribution in [1.82, 2.24) is 20.1 Å². The first kappa shape index (κ1) is 11.8. The Morgan fingerprint density at radius 3 is 2.82 bits per heavy atom. The Bertz CT molecular complexity index is 475. The molecular formula is C13H18N4. The minimum absolute atomic E-state index is 0.169. The second-order valence-corrected chi connectivity index (χ2v) is 4.12. The van der Waals surface area contributed by atoms with Crippen molar-refractivity contribution in [2.75, 3.05) is 6.54 Å². The fourth-order valence-corrected chi connectivity index (χ4v) is 2.06. The molecule has 1 N–H and O–H groups in total. The summed E-state index contributed by atoms with van der Waals surface area (Å²) in [7, 11) is 1.95. The van der Waals surface area contributed by atoms with E-state index in [2.05, 4.69) is 34.6 Å². The first-order chi connectivity index (χ1) is 8.22. The SMILES string of the molecule is CCNC(c1cccnc1)c1cn(C)nc1C. The molecule has 0 radical (unpaired) electrons. The van der Waals surface area contributed by atoms with Gasteiger partial charge in [0.05, 0.1) is 11.7 Å². The summed E-state index contributed by atoms with van der Waals surface area (Å²) in [5, 5.41) is 7.87. The molecule has 2 rings (SSSR count). The van der Waals surface area contributed by atoms with Crippen LogP contribution in [0, 0.1) is 6.92 Å². The maximum Gasteiger partial charge on any atom is 0.0644 e. The number of rotatable bonds is 4. The van der Waals surface area contributed by atoms with Gasteiger partial charge in [0.25, 0.3) is 0 Å². The van der Waals surface area contributed by atoms with Gasteiger partial charge in [-0.15, -0.1) is 0 Å². The molecule has 0 aliphatic rings. The van der Waals surface area contributed by atoms with E-state index < -0.39 is 0 Å². The monoisotopic (exact) mass is 230 g/mol. The zero-order valence-corrected chi connectivity index (χ0v) is 10.5. The van der Waals surface area contributed by atoms with Gasteiger partial charge in [0.2, 0.25) is 0 Å². The summed E-state index contributed by atoms with van der Waals surface area (Å²) in [5.41, 5.74) is 3.44. The van der Waals surface area contributed by atoms with Crippen molar-refractivity contribution in [2.45, 2.75) is 19.9 Å². The van der Waals surface area contributed by atoms with Crippen molar-refractivity contribution in [2.24, 2.45) is 7.05 Å². The fraction of sp³-hybridized carbons (Fsp3) is 0.385. The lowest BCUT2D eigenvalue weighted by Crippen LogP contribution is -2.22. The Labute approximate surface area is 102 Å². The molecule has 0 bridgehead atoms. The number of aromatic nitrogens is 3. The Kier molecular flexibility index (Phi) is 3.54. The van der Waals surface area contributed by atoms with Crippen molar-refractivity contribution in [3.8, 4) is 0 Å². The maximum atomic E-state index is 4.40. The third-order valence-corrected chi connectivity index (χ3v) is 2.79. The molecule has 0 saturated carbocycles. The van der Waals surface area contributed by atoms with Crippen LogP contribution in [0.25, 0.3) is 0 Å². The van der Waals surface area contributed by atoms with E-state index in [1.165, 1.54) is 11.1 Å². The fourth-order valence-electron chi connectivity index (χ4n) is 2.06. The van der Waals surface area contributed by atoms with Gasteiger partial charge in [-0.05, 0) is 25.1 Å². The van der Waals surface area contributed by atoms with E-state index >= 15 is 0 Å². The van der Waals surface area contributed by atoms with Crippen LogP contribution < -0.4 is 5.32 Å². The van der Waals surface area contributed by atoms with Crippen LogP contribution in [0.4, 0.5) is 0 Å². The number of hydrogen-bond acceptors (Lipinski definition) is 3. The molecule has 0 aliphatic carbocycles. The number of pyridine rings is 1. The molecule has 0 amide bonds. The van der Waals surface area contributed by atoms with Crippen LogP contribution in [0.1, 0.15) is 29.8 Å². The van der Waals surface area contributed by atoms with Crippen LogP contribution in [0.15, 0.2) is 30.7 Å². The van der Waals surface area contributed by atoms with E-state index in [-0.39, 0.29) is 6.04 Å². The second-order valence-electron chi connectivity index (χ2n) is 4.12. The third kappa shape index (κ3) is 2.53. The molecule has 0 aromatic carbocycles. The van der Waals surface area contributed by atoms with Crippen molar-refractivity contribution in [3.05, 3.63) is 47.5 Å². The third-order valence-electron chi connectivity index (χ3n) is 2.79. The highest BCUT2D eigenvalue weighted by Gasteiger charge is 2.17. The van der Waals surface area contributed by atoms with Crippen LogP contribution in [0.3, 0.4) is 0 Å². The summed E-state index contributed by atoms with van der Waals surface area (Å²) in [6, 6.07) is 4.22. The van der Waals surface area contributed by atoms with Gasteiger partial charge in [0, 0.05) is 31.2 Å². The van der Waals surface area contributed by atoms with E-state index in [0.717, 1.165) is 12.2 Å². The Morgan fingerprint density at radius 1 is 1.47 bits per heavy atom. The van der Waals surface area contributed by atoms with Gasteiger partial charge >= 0.3 is 0 Å². The Hall–Kier alpha value is -1.68. The van der Waals surface area contributed by atoms with Gasteiger partial charge in [0.15, 0.2) is 0 Å². The topological polar surface area (TPSA) is 42.7 Å². The van der Waals surface area contributed by atoms with Gasteiger partial charge in [-0.25, -0.2) is 0 Å². The molecule has 4 heteroatoms. The smallest absolute Gasteiger partial charge is 0.0644 e. The molecule has 1 atom stereocenters. The van der Waals surface area contributed by atoms with Crippen molar-refractivity contribution in [1.29, 1.82) is 0 Å². The summed E-state index contributed by atoms with van der Waals surface area (Å²) in [5.74, 6) is 0. The highest BCUT2D eigenvalue weighted by Crippen LogP contribution is 2.23. The zero-order valence-electron chi connectivity index (χ0n) is 10.5. The summed E-state index contributed by atoms with van der Waals surface area (Å²) in [6.07, 6.45) is 5.76. The van der Waals surface area contributed by atoms with E-state index in [1.807, 2.05) is 30.9 Å². The molecule has 1 unspecified atom stereocenters. The molecule has 0 aliphatic heterocycles. The Balaban J connectivity index is 2.39. The zero-order chi connectivity index (χ0) is 12.3. The minimum Gasteiger partial charge on any atom is -0.306 e. The highest BCUT2D eigenvalue weighted by atomic mass is 15.3. The molecule has 2 aromatic rings. The molecule has 0 fully saturated rings. The lowest BCUT2D eigenvalue weighted by Gasteiger charge is -2.17. The minimum atomic E-state index is 0.169. The largest absolute Gasteiger partial charge is 0.306 e. The van der Waals surface area contributed by atoms with Gasteiger partial charge < -0.3 is 5.32 Å². The van der Waals surface area contributed by atoms with Crippen molar-refractivity contribution < 1.29 is 0 Å². The summed E-state index contributed by atoms with van der Waals surface area (Å²) in [4.78, 5) is 4.18. The first-order valence-electron chi connectivity index (χ1n) is 5.85. The quantitative estimate of drug-likeness (QED) is 0.871. The Morgan fingerprint density at radius 2 is 2.29 bits per heavy atom. The second kappa shape index (κ2) is 5.10. The number of nitrogens with one attached hydrogen (secondary N) is 1. The van der Waals surface area contributed by atoms with Gasteiger partial charge in [0.1, 0.15) is 0 Å². The van der Waals surface area contributed by atoms with Crippen LogP contribution >= 0.6 is 0 Å². The first-order valence-corrected chi connectivity index (χ1v) is 5.85. The van der Waals surface area contributed by atoms with Crippen LogP contribution in [0.2, 0.25) is 0 Å². The lowest BCUT2D eigenvalue weighted by molar-refractivity contribution is 0.625. The average molecular weight is 230 g/mol. The van der Waals surface area contributed by atoms with Crippen LogP contribution in [-0.2, 0) is 7.05 Å².